The normalized spacial score (nSPS) is 17.2. The number of rotatable bonds is 2. The van der Waals surface area contributed by atoms with Gasteiger partial charge in [-0.25, -0.2) is 5.43 Å². The Balaban J connectivity index is 2.38. The number of hydrogen-bond donors (Lipinski definition) is 2. The van der Waals surface area contributed by atoms with E-state index in [0.717, 1.165) is 12.8 Å². The lowest BCUT2D eigenvalue weighted by Crippen LogP contribution is -2.26. The van der Waals surface area contributed by atoms with Gasteiger partial charge in [-0.2, -0.15) is 0 Å². The number of hydrazine groups is 1. The van der Waals surface area contributed by atoms with E-state index in [2.05, 4.69) is 29.1 Å². The smallest absolute Gasteiger partial charge is 0.0264 e. The van der Waals surface area contributed by atoms with Crippen LogP contribution in [0.3, 0.4) is 0 Å². The lowest BCUT2D eigenvalue weighted by Gasteiger charge is -2.09. The standard InChI is InChI=1S/C7H12N2/c1-8-9-7-5-3-2-4-6-7/h2-3,5,8-9H,4,6H2,1H3. The molecular formula is C7H12N2. The molecular weight excluding hydrogens is 112 g/mol. The molecule has 1 rings (SSSR count). The van der Waals surface area contributed by atoms with Crippen LogP contribution in [0.2, 0.25) is 0 Å². The van der Waals surface area contributed by atoms with Gasteiger partial charge in [-0.3, -0.25) is 0 Å². The summed E-state index contributed by atoms with van der Waals surface area (Å²) >= 11 is 0. The molecule has 1 aliphatic rings. The van der Waals surface area contributed by atoms with Crippen LogP contribution < -0.4 is 10.9 Å². The summed E-state index contributed by atoms with van der Waals surface area (Å²) in [4.78, 5) is 0. The van der Waals surface area contributed by atoms with Gasteiger partial charge < -0.3 is 5.43 Å². The largest absolute Gasteiger partial charge is 0.326 e. The summed E-state index contributed by atoms with van der Waals surface area (Å²) in [5.41, 5.74) is 7.19. The van der Waals surface area contributed by atoms with Crippen LogP contribution in [0.4, 0.5) is 0 Å². The maximum Gasteiger partial charge on any atom is 0.0264 e. The number of allylic oxidation sites excluding steroid dienone is 4. The zero-order valence-corrected chi connectivity index (χ0v) is 5.65. The highest BCUT2D eigenvalue weighted by Gasteiger charge is 1.94. The third-order valence-corrected chi connectivity index (χ3v) is 1.30. The van der Waals surface area contributed by atoms with Gasteiger partial charge in [0.1, 0.15) is 0 Å². The Hall–Kier alpha value is -0.760. The van der Waals surface area contributed by atoms with Crippen molar-refractivity contribution in [3.8, 4) is 0 Å². The molecule has 50 valence electrons. The number of nitrogens with one attached hydrogen (secondary N) is 2. The molecule has 0 aromatic carbocycles. The van der Waals surface area contributed by atoms with Crippen molar-refractivity contribution in [1.29, 1.82) is 0 Å². The first kappa shape index (κ1) is 6.36. The fraction of sp³-hybridized carbons (Fsp3) is 0.429. The predicted molar refractivity (Wildman–Crippen MR) is 38.7 cm³/mol. The van der Waals surface area contributed by atoms with Gasteiger partial charge in [0.2, 0.25) is 0 Å². The van der Waals surface area contributed by atoms with Gasteiger partial charge in [0, 0.05) is 12.7 Å². The summed E-state index contributed by atoms with van der Waals surface area (Å²) in [5.74, 6) is 0. The van der Waals surface area contributed by atoms with Crippen LogP contribution in [0, 0.1) is 0 Å². The minimum atomic E-state index is 1.12. The summed E-state index contributed by atoms with van der Waals surface area (Å²) < 4.78 is 0. The first-order valence-electron chi connectivity index (χ1n) is 3.22. The maximum absolute atomic E-state index is 3.04. The van der Waals surface area contributed by atoms with Gasteiger partial charge in [0.25, 0.3) is 0 Å². The second-order valence-corrected chi connectivity index (χ2v) is 2.03. The Labute approximate surface area is 55.6 Å². The van der Waals surface area contributed by atoms with Gasteiger partial charge in [0.15, 0.2) is 0 Å². The van der Waals surface area contributed by atoms with E-state index in [4.69, 9.17) is 0 Å². The van der Waals surface area contributed by atoms with Gasteiger partial charge in [-0.1, -0.05) is 12.2 Å². The molecule has 0 amide bonds. The summed E-state index contributed by atoms with van der Waals surface area (Å²) in [6.45, 7) is 0. The van der Waals surface area contributed by atoms with E-state index in [1.54, 1.807) is 0 Å². The molecule has 0 heterocycles. The highest BCUT2D eigenvalue weighted by Crippen LogP contribution is 2.06. The lowest BCUT2D eigenvalue weighted by molar-refractivity contribution is 0.653. The molecule has 0 saturated heterocycles. The maximum atomic E-state index is 3.04. The summed E-state index contributed by atoms with van der Waals surface area (Å²) in [6.07, 6.45) is 8.60. The Morgan fingerprint density at radius 2 is 2.44 bits per heavy atom. The van der Waals surface area contributed by atoms with E-state index in [1.807, 2.05) is 7.05 Å². The highest BCUT2D eigenvalue weighted by atomic mass is 15.3. The lowest BCUT2D eigenvalue weighted by atomic mass is 10.1. The minimum Gasteiger partial charge on any atom is -0.326 e. The van der Waals surface area contributed by atoms with Crippen LogP contribution in [0.15, 0.2) is 23.9 Å². The molecule has 0 atom stereocenters. The van der Waals surface area contributed by atoms with Crippen LogP contribution in [-0.4, -0.2) is 7.05 Å². The van der Waals surface area contributed by atoms with E-state index in [1.165, 1.54) is 5.70 Å². The van der Waals surface area contributed by atoms with Gasteiger partial charge in [0.05, 0.1) is 0 Å². The molecule has 9 heavy (non-hydrogen) atoms. The van der Waals surface area contributed by atoms with Crippen molar-refractivity contribution in [2.75, 3.05) is 7.05 Å². The van der Waals surface area contributed by atoms with Gasteiger partial charge >= 0.3 is 0 Å². The highest BCUT2D eigenvalue weighted by molar-refractivity contribution is 5.15. The third-order valence-electron chi connectivity index (χ3n) is 1.30. The van der Waals surface area contributed by atoms with E-state index < -0.39 is 0 Å². The Morgan fingerprint density at radius 1 is 1.56 bits per heavy atom. The Bertz CT molecular complexity index is 136. The first-order valence-corrected chi connectivity index (χ1v) is 3.22. The van der Waals surface area contributed by atoms with E-state index >= 15 is 0 Å². The SMILES string of the molecule is CNNC1=CC=CCC1. The number of hydrogen-bond acceptors (Lipinski definition) is 2. The summed E-state index contributed by atoms with van der Waals surface area (Å²) in [5, 5.41) is 0. The van der Waals surface area contributed by atoms with Crippen molar-refractivity contribution in [2.45, 2.75) is 12.8 Å². The van der Waals surface area contributed by atoms with E-state index in [-0.39, 0.29) is 0 Å². The fourth-order valence-electron chi connectivity index (χ4n) is 0.867. The van der Waals surface area contributed by atoms with Crippen LogP contribution >= 0.6 is 0 Å². The van der Waals surface area contributed by atoms with Crippen molar-refractivity contribution < 1.29 is 0 Å². The van der Waals surface area contributed by atoms with E-state index in [9.17, 15) is 0 Å². The molecule has 0 aliphatic heterocycles. The Kier molecular flexibility index (Phi) is 2.33. The van der Waals surface area contributed by atoms with Crippen molar-refractivity contribution >= 4 is 0 Å². The zero-order chi connectivity index (χ0) is 6.53. The molecule has 0 aromatic rings. The Morgan fingerprint density at radius 3 is 3.00 bits per heavy atom. The average molecular weight is 124 g/mol. The molecule has 0 radical (unpaired) electrons. The molecule has 2 heteroatoms. The van der Waals surface area contributed by atoms with Crippen LogP contribution in [0.5, 0.6) is 0 Å². The van der Waals surface area contributed by atoms with Gasteiger partial charge in [-0.15, -0.1) is 0 Å². The molecule has 2 N–H and O–H groups in total. The average Bonchev–Trinajstić information content (AvgIpc) is 1.91. The zero-order valence-electron chi connectivity index (χ0n) is 5.65. The molecule has 0 fully saturated rings. The second kappa shape index (κ2) is 3.30. The monoisotopic (exact) mass is 124 g/mol. The second-order valence-electron chi connectivity index (χ2n) is 2.03. The van der Waals surface area contributed by atoms with Gasteiger partial charge in [-0.05, 0) is 18.9 Å². The van der Waals surface area contributed by atoms with Crippen molar-refractivity contribution in [3.63, 3.8) is 0 Å². The molecule has 0 bridgehead atoms. The van der Waals surface area contributed by atoms with Crippen molar-refractivity contribution in [1.82, 2.24) is 10.9 Å². The molecule has 0 unspecified atom stereocenters. The summed E-state index contributed by atoms with van der Waals surface area (Å²) in [6, 6.07) is 0. The minimum absolute atomic E-state index is 1.12. The topological polar surface area (TPSA) is 24.1 Å². The van der Waals surface area contributed by atoms with E-state index in [0.29, 0.717) is 0 Å². The molecule has 0 aromatic heterocycles. The third kappa shape index (κ3) is 1.90. The molecule has 0 saturated carbocycles. The van der Waals surface area contributed by atoms with Crippen LogP contribution in [0.25, 0.3) is 0 Å². The van der Waals surface area contributed by atoms with Crippen LogP contribution in [0.1, 0.15) is 12.8 Å². The fourth-order valence-corrected chi connectivity index (χ4v) is 0.867. The molecule has 0 spiro atoms. The first-order chi connectivity index (χ1) is 4.43. The molecule has 1 aliphatic carbocycles. The van der Waals surface area contributed by atoms with Crippen molar-refractivity contribution in [2.24, 2.45) is 0 Å². The molecule has 2 nitrogen and oxygen atoms in total. The van der Waals surface area contributed by atoms with Crippen LogP contribution in [-0.2, 0) is 0 Å². The summed E-state index contributed by atoms with van der Waals surface area (Å²) in [7, 11) is 1.87. The quantitative estimate of drug-likeness (QED) is 0.535. The predicted octanol–water partition coefficient (Wildman–Crippen LogP) is 0.944. The van der Waals surface area contributed by atoms with Crippen molar-refractivity contribution in [3.05, 3.63) is 23.9 Å².